The van der Waals surface area contributed by atoms with Gasteiger partial charge in [-0.2, -0.15) is 0 Å². The number of hydrogen-bond donors (Lipinski definition) is 1. The molecule has 0 saturated heterocycles. The molecule has 0 rings (SSSR count). The van der Waals surface area contributed by atoms with Crippen LogP contribution in [0.25, 0.3) is 0 Å². The van der Waals surface area contributed by atoms with Crippen LogP contribution in [0.5, 0.6) is 0 Å². The average Bonchev–Trinajstić information content (AvgIpc) is 2.16. The highest BCUT2D eigenvalue weighted by atomic mass is 14.6. The van der Waals surface area contributed by atoms with Crippen LogP contribution in [-0.2, 0) is 0 Å². The van der Waals surface area contributed by atoms with E-state index in [9.17, 15) is 0 Å². The van der Waals surface area contributed by atoms with E-state index in [1.165, 1.54) is 44.9 Å². The molecule has 1 radical (unpaired) electrons. The quantitative estimate of drug-likeness (QED) is 0.543. The van der Waals surface area contributed by atoms with Crippen molar-refractivity contribution >= 4 is 0 Å². The summed E-state index contributed by atoms with van der Waals surface area (Å²) in [6.45, 7) is 6.06. The van der Waals surface area contributed by atoms with E-state index in [0.717, 1.165) is 12.8 Å². The Labute approximate surface area is 84.1 Å². The Hall–Kier alpha value is -0.0400. The molecule has 1 nitrogen and oxygen atoms in total. The molecule has 0 fully saturated rings. The van der Waals surface area contributed by atoms with Gasteiger partial charge in [0.15, 0.2) is 0 Å². The molecule has 0 saturated carbocycles. The number of unbranched alkanes of at least 4 members (excludes halogenated alkanes) is 6. The van der Waals surface area contributed by atoms with Crippen molar-refractivity contribution in [2.24, 2.45) is 5.73 Å². The highest BCUT2D eigenvalue weighted by Crippen LogP contribution is 2.09. The molecule has 0 aliphatic rings. The first kappa shape index (κ1) is 13.0. The topological polar surface area (TPSA) is 26.0 Å². The van der Waals surface area contributed by atoms with Crippen LogP contribution >= 0.6 is 0 Å². The van der Waals surface area contributed by atoms with Gasteiger partial charge < -0.3 is 5.73 Å². The van der Waals surface area contributed by atoms with Crippen molar-refractivity contribution in [3.63, 3.8) is 0 Å². The summed E-state index contributed by atoms with van der Waals surface area (Å²) in [6.07, 6.45) is 11.7. The summed E-state index contributed by atoms with van der Waals surface area (Å²) < 4.78 is 0. The van der Waals surface area contributed by atoms with Crippen molar-refractivity contribution in [2.75, 3.05) is 0 Å². The van der Waals surface area contributed by atoms with Crippen molar-refractivity contribution < 1.29 is 0 Å². The maximum Gasteiger partial charge on any atom is 0.00388 e. The Kier molecular flexibility index (Phi) is 10.0. The molecule has 0 heterocycles. The maximum absolute atomic E-state index is 5.77. The molecule has 0 aromatic rings. The molecule has 1 heteroatoms. The lowest BCUT2D eigenvalue weighted by Gasteiger charge is -2.07. The summed E-state index contributed by atoms with van der Waals surface area (Å²) >= 11 is 0. The standard InChI is InChI=1S/C12H26N/c1-3-5-6-7-8-9-10-11-12(13)4-2/h12H,2-11,13H2,1H3. The third-order valence-electron chi connectivity index (χ3n) is 2.55. The van der Waals surface area contributed by atoms with Crippen LogP contribution in [0, 0.1) is 6.92 Å². The van der Waals surface area contributed by atoms with Crippen molar-refractivity contribution in [1.82, 2.24) is 0 Å². The van der Waals surface area contributed by atoms with Crippen LogP contribution in [0.2, 0.25) is 0 Å². The molecule has 0 aromatic carbocycles. The second-order valence-corrected chi connectivity index (χ2v) is 3.96. The molecule has 0 spiro atoms. The summed E-state index contributed by atoms with van der Waals surface area (Å²) in [4.78, 5) is 0. The number of hydrogen-bond acceptors (Lipinski definition) is 1. The van der Waals surface area contributed by atoms with E-state index in [-0.39, 0.29) is 0 Å². The molecule has 79 valence electrons. The van der Waals surface area contributed by atoms with Gasteiger partial charge in [0.25, 0.3) is 0 Å². The zero-order chi connectivity index (χ0) is 9.94. The van der Waals surface area contributed by atoms with E-state index in [1.54, 1.807) is 0 Å². The zero-order valence-corrected chi connectivity index (χ0v) is 9.23. The van der Waals surface area contributed by atoms with Gasteiger partial charge in [0, 0.05) is 6.04 Å². The summed E-state index contributed by atoms with van der Waals surface area (Å²) in [5.41, 5.74) is 5.77. The number of nitrogens with two attached hydrogens (primary N) is 1. The lowest BCUT2D eigenvalue weighted by molar-refractivity contribution is 0.531. The molecule has 13 heavy (non-hydrogen) atoms. The Balaban J connectivity index is 2.91. The summed E-state index contributed by atoms with van der Waals surface area (Å²) in [6, 6.07) is 0.343. The molecular formula is C12H26N. The first-order valence-electron chi connectivity index (χ1n) is 5.86. The van der Waals surface area contributed by atoms with Crippen molar-refractivity contribution in [3.8, 4) is 0 Å². The first-order chi connectivity index (χ1) is 6.31. The predicted molar refractivity (Wildman–Crippen MR) is 60.6 cm³/mol. The molecule has 0 bridgehead atoms. The van der Waals surface area contributed by atoms with Crippen LogP contribution in [0.15, 0.2) is 0 Å². The molecule has 1 unspecified atom stereocenters. The second kappa shape index (κ2) is 10.0. The van der Waals surface area contributed by atoms with Gasteiger partial charge in [0.2, 0.25) is 0 Å². The van der Waals surface area contributed by atoms with E-state index in [0.29, 0.717) is 6.04 Å². The lowest BCUT2D eigenvalue weighted by Crippen LogP contribution is -2.17. The van der Waals surface area contributed by atoms with E-state index >= 15 is 0 Å². The minimum absolute atomic E-state index is 0.343. The third-order valence-corrected chi connectivity index (χ3v) is 2.55. The van der Waals surface area contributed by atoms with E-state index in [2.05, 4.69) is 13.8 Å². The van der Waals surface area contributed by atoms with E-state index in [4.69, 9.17) is 5.73 Å². The van der Waals surface area contributed by atoms with E-state index in [1.807, 2.05) is 0 Å². The van der Waals surface area contributed by atoms with Crippen molar-refractivity contribution in [3.05, 3.63) is 6.92 Å². The average molecular weight is 184 g/mol. The first-order valence-corrected chi connectivity index (χ1v) is 5.86. The van der Waals surface area contributed by atoms with Crippen LogP contribution in [-0.4, -0.2) is 6.04 Å². The van der Waals surface area contributed by atoms with E-state index < -0.39 is 0 Å². The molecule has 0 aromatic heterocycles. The summed E-state index contributed by atoms with van der Waals surface area (Å²) in [5, 5.41) is 0. The van der Waals surface area contributed by atoms with Crippen LogP contribution < -0.4 is 5.73 Å². The van der Waals surface area contributed by atoms with Gasteiger partial charge >= 0.3 is 0 Å². The molecule has 2 N–H and O–H groups in total. The summed E-state index contributed by atoms with van der Waals surface area (Å²) in [7, 11) is 0. The van der Waals surface area contributed by atoms with Crippen LogP contribution in [0.4, 0.5) is 0 Å². The smallest absolute Gasteiger partial charge is 0.00388 e. The van der Waals surface area contributed by atoms with Gasteiger partial charge in [-0.15, -0.1) is 0 Å². The maximum atomic E-state index is 5.77. The Morgan fingerprint density at radius 2 is 1.54 bits per heavy atom. The predicted octanol–water partition coefficient (Wildman–Crippen LogP) is 3.68. The van der Waals surface area contributed by atoms with Gasteiger partial charge in [-0.3, -0.25) is 0 Å². The Bertz CT molecular complexity index is 91.1. The highest BCUT2D eigenvalue weighted by molar-refractivity contribution is 4.61. The lowest BCUT2D eigenvalue weighted by atomic mass is 10.0. The van der Waals surface area contributed by atoms with Gasteiger partial charge in [-0.1, -0.05) is 58.8 Å². The van der Waals surface area contributed by atoms with Gasteiger partial charge in [-0.05, 0) is 12.8 Å². The van der Waals surface area contributed by atoms with Gasteiger partial charge in [-0.25, -0.2) is 0 Å². The van der Waals surface area contributed by atoms with Crippen molar-refractivity contribution in [1.29, 1.82) is 0 Å². The normalized spacial score (nSPS) is 13.2. The summed E-state index contributed by atoms with van der Waals surface area (Å²) in [5.74, 6) is 0. The molecule has 0 aliphatic carbocycles. The fraction of sp³-hybridized carbons (Fsp3) is 0.917. The van der Waals surface area contributed by atoms with Gasteiger partial charge in [0.05, 0.1) is 0 Å². The molecule has 0 amide bonds. The Morgan fingerprint density at radius 1 is 1.00 bits per heavy atom. The van der Waals surface area contributed by atoms with Crippen molar-refractivity contribution in [2.45, 2.75) is 70.8 Å². The van der Waals surface area contributed by atoms with Crippen LogP contribution in [0.1, 0.15) is 64.7 Å². The van der Waals surface area contributed by atoms with Crippen LogP contribution in [0.3, 0.4) is 0 Å². The highest BCUT2D eigenvalue weighted by Gasteiger charge is 1.97. The third kappa shape index (κ3) is 9.88. The zero-order valence-electron chi connectivity index (χ0n) is 9.23. The molecular weight excluding hydrogens is 158 g/mol. The SMILES string of the molecule is [CH2]CC(N)CCCCCCCCC. The van der Waals surface area contributed by atoms with Gasteiger partial charge in [0.1, 0.15) is 0 Å². The fourth-order valence-corrected chi connectivity index (χ4v) is 1.51. The molecule has 1 atom stereocenters. The minimum Gasteiger partial charge on any atom is -0.328 e. The molecule has 0 aliphatic heterocycles. The Morgan fingerprint density at radius 3 is 2.08 bits per heavy atom. The largest absolute Gasteiger partial charge is 0.328 e. The minimum atomic E-state index is 0.343. The second-order valence-electron chi connectivity index (χ2n) is 3.96. The fourth-order valence-electron chi connectivity index (χ4n) is 1.51. The monoisotopic (exact) mass is 184 g/mol. The number of rotatable bonds is 9.